The predicted octanol–water partition coefficient (Wildman–Crippen LogP) is 2.71. The van der Waals surface area contributed by atoms with E-state index in [1.165, 1.54) is 0 Å². The number of aromatic nitrogens is 2. The average Bonchev–Trinajstić information content (AvgIpc) is 2.95. The first kappa shape index (κ1) is 16.1. The van der Waals surface area contributed by atoms with Gasteiger partial charge in [0.15, 0.2) is 0 Å². The third kappa shape index (κ3) is 3.56. The number of para-hydroxylation sites is 3. The Balaban J connectivity index is 1.75. The van der Waals surface area contributed by atoms with E-state index >= 15 is 0 Å². The fourth-order valence-corrected chi connectivity index (χ4v) is 2.77. The van der Waals surface area contributed by atoms with Crippen LogP contribution in [0.1, 0.15) is 11.4 Å². The largest absolute Gasteiger partial charge is 0.491 e. The molecule has 1 heterocycles. The van der Waals surface area contributed by atoms with Crippen LogP contribution in [0.15, 0.2) is 48.5 Å². The summed E-state index contributed by atoms with van der Waals surface area (Å²) in [6.45, 7) is 3.90. The van der Waals surface area contributed by atoms with Gasteiger partial charge in [-0.05, 0) is 30.7 Å². The zero-order valence-corrected chi connectivity index (χ0v) is 13.7. The summed E-state index contributed by atoms with van der Waals surface area (Å²) in [5, 5.41) is 2.69. The number of hydrogen-bond acceptors (Lipinski definition) is 3. The lowest BCUT2D eigenvalue weighted by Crippen LogP contribution is -2.18. The number of amides is 1. The number of carbonyl (C=O) groups excluding carboxylic acids is 1. The molecular formula is C19H21N3O2. The average molecular weight is 323 g/mol. The van der Waals surface area contributed by atoms with Crippen LogP contribution < -0.4 is 10.1 Å². The highest BCUT2D eigenvalue weighted by Crippen LogP contribution is 2.18. The molecule has 124 valence electrons. The maximum absolute atomic E-state index is 10.5. The summed E-state index contributed by atoms with van der Waals surface area (Å²) < 4.78 is 8.09. The molecule has 1 N–H and O–H groups in total. The summed E-state index contributed by atoms with van der Waals surface area (Å²) in [6.07, 6.45) is 1.41. The number of ether oxygens (including phenoxy) is 1. The van der Waals surface area contributed by atoms with Crippen molar-refractivity contribution >= 4 is 17.4 Å². The van der Waals surface area contributed by atoms with Gasteiger partial charge in [-0.2, -0.15) is 0 Å². The first-order valence-corrected chi connectivity index (χ1v) is 8.09. The Bertz CT molecular complexity index is 826. The molecule has 0 unspecified atom stereocenters. The topological polar surface area (TPSA) is 56.1 Å². The van der Waals surface area contributed by atoms with E-state index in [1.807, 2.05) is 49.4 Å². The summed E-state index contributed by atoms with van der Waals surface area (Å²) in [6, 6.07) is 16.1. The molecule has 0 spiro atoms. The van der Waals surface area contributed by atoms with E-state index in [9.17, 15) is 4.79 Å². The molecule has 0 radical (unpaired) electrons. The molecule has 0 aliphatic rings. The Kier molecular flexibility index (Phi) is 5.11. The maximum Gasteiger partial charge on any atom is 0.207 e. The van der Waals surface area contributed by atoms with Crippen LogP contribution in [0.25, 0.3) is 11.0 Å². The van der Waals surface area contributed by atoms with Crippen molar-refractivity contribution in [3.05, 3.63) is 59.9 Å². The molecule has 5 heteroatoms. The van der Waals surface area contributed by atoms with Crippen molar-refractivity contribution in [3.63, 3.8) is 0 Å². The molecule has 0 aliphatic carbocycles. The monoisotopic (exact) mass is 323 g/mol. The molecule has 3 rings (SSSR count). The number of carbonyl (C=O) groups is 1. The molecule has 1 aromatic heterocycles. The number of aryl methyl sites for hydroxylation is 1. The first-order valence-electron chi connectivity index (χ1n) is 8.09. The van der Waals surface area contributed by atoms with E-state index < -0.39 is 0 Å². The van der Waals surface area contributed by atoms with E-state index in [0.29, 0.717) is 32.5 Å². The first-order chi connectivity index (χ1) is 11.8. The van der Waals surface area contributed by atoms with Gasteiger partial charge in [-0.1, -0.05) is 30.3 Å². The van der Waals surface area contributed by atoms with Crippen LogP contribution in [0.4, 0.5) is 0 Å². The van der Waals surface area contributed by atoms with Crippen LogP contribution in [0.2, 0.25) is 0 Å². The SMILES string of the molecule is Cc1ccccc1OCCn1c(CCNC=O)nc2ccccc21. The zero-order chi connectivity index (χ0) is 16.8. The fourth-order valence-electron chi connectivity index (χ4n) is 2.77. The Hall–Kier alpha value is -2.82. The second kappa shape index (κ2) is 7.64. The van der Waals surface area contributed by atoms with Crippen molar-refractivity contribution in [1.82, 2.24) is 14.9 Å². The minimum atomic E-state index is 0.569. The van der Waals surface area contributed by atoms with Crippen molar-refractivity contribution < 1.29 is 9.53 Å². The van der Waals surface area contributed by atoms with Crippen molar-refractivity contribution in [2.24, 2.45) is 0 Å². The molecule has 0 bridgehead atoms. The Labute approximate surface area is 141 Å². The van der Waals surface area contributed by atoms with Crippen LogP contribution in [0.5, 0.6) is 5.75 Å². The Morgan fingerprint density at radius 2 is 1.96 bits per heavy atom. The standard InChI is InChI=1S/C19H21N3O2/c1-15-6-2-5-9-18(15)24-13-12-22-17-8-4-3-7-16(17)21-19(22)10-11-20-14-23/h2-9,14H,10-13H2,1H3,(H,20,23). The third-order valence-corrected chi connectivity index (χ3v) is 3.98. The minimum Gasteiger partial charge on any atom is -0.491 e. The molecule has 0 fully saturated rings. The van der Waals surface area contributed by atoms with Crippen LogP contribution in [0, 0.1) is 6.92 Å². The van der Waals surface area contributed by atoms with Crippen molar-refractivity contribution in [2.75, 3.05) is 13.2 Å². The van der Waals surface area contributed by atoms with Gasteiger partial charge in [-0.25, -0.2) is 4.98 Å². The molecule has 0 saturated carbocycles. The Morgan fingerprint density at radius 3 is 2.79 bits per heavy atom. The number of benzene rings is 2. The lowest BCUT2D eigenvalue weighted by atomic mass is 10.2. The van der Waals surface area contributed by atoms with E-state index in [2.05, 4.69) is 20.9 Å². The van der Waals surface area contributed by atoms with Crippen molar-refractivity contribution in [3.8, 4) is 5.75 Å². The summed E-state index contributed by atoms with van der Waals surface area (Å²) in [4.78, 5) is 15.1. The Morgan fingerprint density at radius 1 is 1.17 bits per heavy atom. The van der Waals surface area contributed by atoms with Crippen LogP contribution in [-0.2, 0) is 17.8 Å². The number of fused-ring (bicyclic) bond motifs is 1. The molecule has 5 nitrogen and oxygen atoms in total. The molecule has 0 atom stereocenters. The second-order valence-electron chi connectivity index (χ2n) is 5.60. The van der Waals surface area contributed by atoms with Crippen molar-refractivity contribution in [2.45, 2.75) is 19.9 Å². The van der Waals surface area contributed by atoms with Gasteiger partial charge < -0.3 is 14.6 Å². The quantitative estimate of drug-likeness (QED) is 0.512. The van der Waals surface area contributed by atoms with Gasteiger partial charge in [-0.15, -0.1) is 0 Å². The minimum absolute atomic E-state index is 0.569. The normalized spacial score (nSPS) is 10.7. The lowest BCUT2D eigenvalue weighted by molar-refractivity contribution is -0.109. The highest BCUT2D eigenvalue weighted by molar-refractivity contribution is 5.75. The molecule has 2 aromatic carbocycles. The van der Waals surface area contributed by atoms with Gasteiger partial charge in [0.05, 0.1) is 17.6 Å². The van der Waals surface area contributed by atoms with Crippen LogP contribution in [-0.4, -0.2) is 29.1 Å². The molecule has 0 saturated heterocycles. The number of hydrogen-bond donors (Lipinski definition) is 1. The smallest absolute Gasteiger partial charge is 0.207 e. The van der Waals surface area contributed by atoms with Gasteiger partial charge in [0.2, 0.25) is 6.41 Å². The van der Waals surface area contributed by atoms with Crippen molar-refractivity contribution in [1.29, 1.82) is 0 Å². The maximum atomic E-state index is 10.5. The van der Waals surface area contributed by atoms with Gasteiger partial charge in [-0.3, -0.25) is 4.79 Å². The molecular weight excluding hydrogens is 302 g/mol. The van der Waals surface area contributed by atoms with E-state index in [-0.39, 0.29) is 0 Å². The zero-order valence-electron chi connectivity index (χ0n) is 13.7. The number of imidazole rings is 1. The highest BCUT2D eigenvalue weighted by Gasteiger charge is 2.10. The van der Waals surface area contributed by atoms with E-state index in [0.717, 1.165) is 28.2 Å². The summed E-state index contributed by atoms with van der Waals surface area (Å²) >= 11 is 0. The van der Waals surface area contributed by atoms with Crippen LogP contribution >= 0.6 is 0 Å². The summed E-state index contributed by atoms with van der Waals surface area (Å²) in [7, 11) is 0. The number of nitrogens with zero attached hydrogens (tertiary/aromatic N) is 2. The summed E-state index contributed by atoms with van der Waals surface area (Å²) in [5.74, 6) is 1.87. The molecule has 3 aromatic rings. The van der Waals surface area contributed by atoms with Gasteiger partial charge >= 0.3 is 0 Å². The molecule has 1 amide bonds. The number of nitrogens with one attached hydrogen (secondary N) is 1. The molecule has 24 heavy (non-hydrogen) atoms. The van der Waals surface area contributed by atoms with E-state index in [4.69, 9.17) is 4.74 Å². The lowest BCUT2D eigenvalue weighted by Gasteiger charge is -2.12. The fraction of sp³-hybridized carbons (Fsp3) is 0.263. The van der Waals surface area contributed by atoms with Crippen LogP contribution in [0.3, 0.4) is 0 Å². The van der Waals surface area contributed by atoms with E-state index in [1.54, 1.807) is 0 Å². The molecule has 0 aliphatic heterocycles. The predicted molar refractivity (Wildman–Crippen MR) is 94.2 cm³/mol. The highest BCUT2D eigenvalue weighted by atomic mass is 16.5. The van der Waals surface area contributed by atoms with Gasteiger partial charge in [0.1, 0.15) is 18.2 Å². The second-order valence-corrected chi connectivity index (χ2v) is 5.60. The summed E-state index contributed by atoms with van der Waals surface area (Å²) in [5.41, 5.74) is 3.19. The van der Waals surface area contributed by atoms with Gasteiger partial charge in [0, 0.05) is 13.0 Å². The number of rotatable bonds is 8. The third-order valence-electron chi connectivity index (χ3n) is 3.98. The van der Waals surface area contributed by atoms with Gasteiger partial charge in [0.25, 0.3) is 0 Å².